The summed E-state index contributed by atoms with van der Waals surface area (Å²) in [5, 5.41) is 6.59. The maximum atomic E-state index is 6.23. The first-order valence-corrected chi connectivity index (χ1v) is 9.20. The third-order valence-corrected chi connectivity index (χ3v) is 4.25. The van der Waals surface area contributed by atoms with Gasteiger partial charge in [0.25, 0.3) is 0 Å². The molecule has 4 nitrogen and oxygen atoms in total. The van der Waals surface area contributed by atoms with Gasteiger partial charge in [-0.05, 0) is 57.7 Å². The molecule has 0 bridgehead atoms. The van der Waals surface area contributed by atoms with Gasteiger partial charge >= 0.3 is 0 Å². The molecule has 1 saturated heterocycles. The highest BCUT2D eigenvalue weighted by Gasteiger charge is 2.12. The zero-order chi connectivity index (χ0) is 18.1. The summed E-state index contributed by atoms with van der Waals surface area (Å²) in [7, 11) is 0. The quantitative estimate of drug-likeness (QED) is 0.697. The van der Waals surface area contributed by atoms with Gasteiger partial charge in [0.15, 0.2) is 0 Å². The Hall–Kier alpha value is -1.96. The van der Waals surface area contributed by atoms with Crippen molar-refractivity contribution in [1.82, 2.24) is 10.6 Å². The maximum Gasteiger partial charge on any atom is 0.0747 e. The molecule has 136 valence electrons. The van der Waals surface area contributed by atoms with E-state index in [-0.39, 0.29) is 0 Å². The molecule has 1 atom stereocenters. The first-order valence-electron chi connectivity index (χ1n) is 9.20. The van der Waals surface area contributed by atoms with E-state index in [2.05, 4.69) is 49.3 Å². The van der Waals surface area contributed by atoms with Crippen LogP contribution in [0.5, 0.6) is 0 Å². The molecule has 1 aromatic carbocycles. The fraction of sp³-hybridized carbons (Fsp3) is 0.524. The van der Waals surface area contributed by atoms with Gasteiger partial charge in [-0.15, -0.1) is 0 Å². The number of hydrogen-bond donors (Lipinski definition) is 3. The van der Waals surface area contributed by atoms with Gasteiger partial charge in [0.05, 0.1) is 18.3 Å². The molecule has 0 aliphatic carbocycles. The van der Waals surface area contributed by atoms with Crippen LogP contribution in [0, 0.1) is 18.8 Å². The van der Waals surface area contributed by atoms with Crippen LogP contribution < -0.4 is 16.4 Å². The Kier molecular flexibility index (Phi) is 7.84. The van der Waals surface area contributed by atoms with Gasteiger partial charge in [-0.1, -0.05) is 17.9 Å². The number of rotatable bonds is 6. The summed E-state index contributed by atoms with van der Waals surface area (Å²) >= 11 is 0. The Bertz CT molecular complexity index is 634. The topological polar surface area (TPSA) is 59.3 Å². The summed E-state index contributed by atoms with van der Waals surface area (Å²) in [6.45, 7) is 8.69. The third kappa shape index (κ3) is 6.81. The molecule has 0 aromatic heterocycles. The second-order valence-corrected chi connectivity index (χ2v) is 6.86. The lowest BCUT2D eigenvalue weighted by Gasteiger charge is -2.22. The van der Waals surface area contributed by atoms with E-state index in [1.54, 1.807) is 0 Å². The Balaban J connectivity index is 1.90. The number of nitrogens with one attached hydrogen (secondary N) is 2. The molecule has 0 radical (unpaired) electrons. The Labute approximate surface area is 152 Å². The van der Waals surface area contributed by atoms with Crippen molar-refractivity contribution in [1.29, 1.82) is 0 Å². The van der Waals surface area contributed by atoms with Crippen molar-refractivity contribution in [3.05, 3.63) is 41.1 Å². The smallest absolute Gasteiger partial charge is 0.0747 e. The molecule has 2 rings (SSSR count). The Morgan fingerprint density at radius 2 is 2.24 bits per heavy atom. The molecule has 1 aromatic rings. The standard InChI is InChI=1S/C21H31N3O/c1-16(2)24-11-6-7-18-9-10-20(17(3)13-18)21(22)15-23-14-19-8-4-5-12-25-19/h9-10,13,15-16,19,23-24H,4-5,8,11-12,14,22H2,1-3H3/b21-15-. The highest BCUT2D eigenvalue weighted by Crippen LogP contribution is 2.16. The van der Waals surface area contributed by atoms with E-state index in [0.29, 0.717) is 18.7 Å². The summed E-state index contributed by atoms with van der Waals surface area (Å²) in [5.74, 6) is 6.33. The van der Waals surface area contributed by atoms with Crippen LogP contribution in [-0.2, 0) is 4.74 Å². The summed E-state index contributed by atoms with van der Waals surface area (Å²) in [6.07, 6.45) is 5.74. The molecule has 1 aliphatic rings. The predicted octanol–water partition coefficient (Wildman–Crippen LogP) is 2.76. The van der Waals surface area contributed by atoms with E-state index >= 15 is 0 Å². The molecule has 0 spiro atoms. The Morgan fingerprint density at radius 3 is 2.92 bits per heavy atom. The number of nitrogens with two attached hydrogens (primary N) is 1. The summed E-state index contributed by atoms with van der Waals surface area (Å²) < 4.78 is 5.71. The van der Waals surface area contributed by atoms with Crippen LogP contribution >= 0.6 is 0 Å². The van der Waals surface area contributed by atoms with Gasteiger partial charge in [-0.2, -0.15) is 0 Å². The van der Waals surface area contributed by atoms with Crippen LogP contribution in [0.15, 0.2) is 24.4 Å². The molecule has 25 heavy (non-hydrogen) atoms. The predicted molar refractivity (Wildman–Crippen MR) is 105 cm³/mol. The molecule has 1 aliphatic heterocycles. The number of hydrogen-bond acceptors (Lipinski definition) is 4. The minimum absolute atomic E-state index is 0.302. The minimum atomic E-state index is 0.302. The molecule has 1 fully saturated rings. The van der Waals surface area contributed by atoms with Gasteiger partial charge in [0.1, 0.15) is 0 Å². The van der Waals surface area contributed by atoms with Crippen molar-refractivity contribution in [2.75, 3.05) is 19.7 Å². The molecular weight excluding hydrogens is 310 g/mol. The van der Waals surface area contributed by atoms with E-state index in [1.807, 2.05) is 18.3 Å². The van der Waals surface area contributed by atoms with E-state index < -0.39 is 0 Å². The lowest BCUT2D eigenvalue weighted by molar-refractivity contribution is 0.0188. The summed E-state index contributed by atoms with van der Waals surface area (Å²) in [4.78, 5) is 0. The zero-order valence-corrected chi connectivity index (χ0v) is 15.7. The molecule has 1 unspecified atom stereocenters. The number of aryl methyl sites for hydroxylation is 1. The monoisotopic (exact) mass is 341 g/mol. The fourth-order valence-corrected chi connectivity index (χ4v) is 2.81. The van der Waals surface area contributed by atoms with Gasteiger partial charge in [-0.25, -0.2) is 0 Å². The van der Waals surface area contributed by atoms with Crippen LogP contribution in [0.1, 0.15) is 49.8 Å². The molecule has 1 heterocycles. The van der Waals surface area contributed by atoms with Crippen molar-refractivity contribution < 1.29 is 4.74 Å². The van der Waals surface area contributed by atoms with Crippen LogP contribution in [0.25, 0.3) is 5.70 Å². The van der Waals surface area contributed by atoms with E-state index in [0.717, 1.165) is 42.0 Å². The lowest BCUT2D eigenvalue weighted by atomic mass is 10.0. The average Bonchev–Trinajstić information content (AvgIpc) is 2.59. The van der Waals surface area contributed by atoms with E-state index in [4.69, 9.17) is 10.5 Å². The minimum Gasteiger partial charge on any atom is -0.397 e. The first-order chi connectivity index (χ1) is 12.1. The largest absolute Gasteiger partial charge is 0.397 e. The van der Waals surface area contributed by atoms with Gasteiger partial charge in [0, 0.05) is 36.5 Å². The normalized spacial score (nSPS) is 17.9. The molecule has 0 saturated carbocycles. The second-order valence-electron chi connectivity index (χ2n) is 6.86. The third-order valence-electron chi connectivity index (χ3n) is 4.25. The molecule has 0 amide bonds. The van der Waals surface area contributed by atoms with Crippen molar-refractivity contribution in [3.63, 3.8) is 0 Å². The van der Waals surface area contributed by atoms with Crippen molar-refractivity contribution in [2.45, 2.75) is 52.2 Å². The van der Waals surface area contributed by atoms with Crippen LogP contribution in [-0.4, -0.2) is 31.8 Å². The van der Waals surface area contributed by atoms with Crippen molar-refractivity contribution >= 4 is 5.70 Å². The van der Waals surface area contributed by atoms with Crippen molar-refractivity contribution in [2.24, 2.45) is 5.73 Å². The van der Waals surface area contributed by atoms with Crippen molar-refractivity contribution in [3.8, 4) is 11.8 Å². The maximum absolute atomic E-state index is 6.23. The van der Waals surface area contributed by atoms with Gasteiger partial charge < -0.3 is 21.1 Å². The number of ether oxygens (including phenoxy) is 1. The SMILES string of the molecule is Cc1cc(C#CCNC(C)C)ccc1/C(N)=C/NCC1CCCCO1. The summed E-state index contributed by atoms with van der Waals surface area (Å²) in [6, 6.07) is 6.60. The fourth-order valence-electron chi connectivity index (χ4n) is 2.81. The zero-order valence-electron chi connectivity index (χ0n) is 15.7. The average molecular weight is 341 g/mol. The number of benzene rings is 1. The second kappa shape index (κ2) is 10.1. The van der Waals surface area contributed by atoms with E-state index in [1.165, 1.54) is 12.8 Å². The first kappa shape index (κ1) is 19.4. The molecule has 4 heteroatoms. The van der Waals surface area contributed by atoms with Crippen LogP contribution in [0.4, 0.5) is 0 Å². The molecular formula is C21H31N3O. The lowest BCUT2D eigenvalue weighted by Crippen LogP contribution is -2.29. The van der Waals surface area contributed by atoms with Crippen LogP contribution in [0.3, 0.4) is 0 Å². The van der Waals surface area contributed by atoms with Gasteiger partial charge in [-0.3, -0.25) is 0 Å². The highest BCUT2D eigenvalue weighted by atomic mass is 16.5. The molecule has 4 N–H and O–H groups in total. The highest BCUT2D eigenvalue weighted by molar-refractivity contribution is 5.66. The van der Waals surface area contributed by atoms with Crippen LogP contribution in [0.2, 0.25) is 0 Å². The Morgan fingerprint density at radius 1 is 1.40 bits per heavy atom. The summed E-state index contributed by atoms with van der Waals surface area (Å²) in [5.41, 5.74) is 10.2. The van der Waals surface area contributed by atoms with E-state index in [9.17, 15) is 0 Å². The van der Waals surface area contributed by atoms with Gasteiger partial charge in [0.2, 0.25) is 0 Å².